The van der Waals surface area contributed by atoms with Crippen LogP contribution in [0.3, 0.4) is 0 Å². The maximum absolute atomic E-state index is 12.5. The number of hydrogen-bond donors (Lipinski definition) is 1. The van der Waals surface area contributed by atoms with Gasteiger partial charge in [-0.05, 0) is 25.5 Å². The predicted octanol–water partition coefficient (Wildman–Crippen LogP) is 0.356. The smallest absolute Gasteiger partial charge is 0.337 e. The van der Waals surface area contributed by atoms with Crippen molar-refractivity contribution in [1.29, 1.82) is 0 Å². The summed E-state index contributed by atoms with van der Waals surface area (Å²) in [6, 6.07) is 5.78. The molecule has 0 saturated carbocycles. The van der Waals surface area contributed by atoms with Gasteiger partial charge in [-0.3, -0.25) is 4.79 Å². The Morgan fingerprint density at radius 2 is 1.57 bits per heavy atom. The lowest BCUT2D eigenvalue weighted by Gasteiger charge is -2.13. The summed E-state index contributed by atoms with van der Waals surface area (Å²) >= 11 is 0. The minimum absolute atomic E-state index is 0.0829. The summed E-state index contributed by atoms with van der Waals surface area (Å²) in [7, 11) is 0. The van der Waals surface area contributed by atoms with E-state index in [4.69, 9.17) is 4.74 Å². The lowest BCUT2D eigenvalue weighted by molar-refractivity contribution is -0.121. The highest BCUT2D eigenvalue weighted by atomic mass is 16.5. The summed E-state index contributed by atoms with van der Waals surface area (Å²) in [6.45, 7) is 10.7. The lowest BCUT2D eigenvalue weighted by Crippen LogP contribution is -2.55. The van der Waals surface area contributed by atoms with Gasteiger partial charge in [0.2, 0.25) is 5.91 Å². The summed E-state index contributed by atoms with van der Waals surface area (Å²) in [5.41, 5.74) is -0.402. The van der Waals surface area contributed by atoms with Crippen molar-refractivity contribution in [2.75, 3.05) is 13.2 Å². The molecule has 1 heterocycles. The van der Waals surface area contributed by atoms with Gasteiger partial charge in [0, 0.05) is 0 Å². The number of nitrogens with one attached hydrogen (secondary N) is 1. The van der Waals surface area contributed by atoms with E-state index in [0.717, 1.165) is 26.0 Å². The molecule has 9 heteroatoms. The van der Waals surface area contributed by atoms with Crippen molar-refractivity contribution in [3.63, 3.8) is 0 Å². The van der Waals surface area contributed by atoms with E-state index >= 15 is 0 Å². The summed E-state index contributed by atoms with van der Waals surface area (Å²) < 4.78 is 8.04. The van der Waals surface area contributed by atoms with Gasteiger partial charge in [0.15, 0.2) is 0 Å². The fraction of sp³-hybridized carbons (Fsp3) is 0.333. The van der Waals surface area contributed by atoms with Gasteiger partial charge in [-0.25, -0.2) is 28.1 Å². The molecule has 1 aromatic carbocycles. The van der Waals surface area contributed by atoms with Gasteiger partial charge in [0.1, 0.15) is 18.9 Å². The largest absolute Gasteiger partial charge is 0.491 e. The van der Waals surface area contributed by atoms with Crippen LogP contribution >= 0.6 is 0 Å². The third-order valence-electron chi connectivity index (χ3n) is 4.32. The fourth-order valence-electron chi connectivity index (χ4n) is 2.90. The van der Waals surface area contributed by atoms with Gasteiger partial charge < -0.3 is 10.1 Å². The van der Waals surface area contributed by atoms with E-state index in [1.165, 1.54) is 12.2 Å². The number of carbonyl (C=O) groups excluding carboxylic acids is 1. The van der Waals surface area contributed by atoms with Crippen LogP contribution in [0.4, 0.5) is 0 Å². The number of ether oxygens (including phenoxy) is 1. The molecule has 0 bridgehead atoms. The summed E-state index contributed by atoms with van der Waals surface area (Å²) in [4.78, 5) is 49.6. The number of allylic oxidation sites excluding steroid dienone is 2. The van der Waals surface area contributed by atoms with Gasteiger partial charge in [0.25, 0.3) is 0 Å². The van der Waals surface area contributed by atoms with E-state index in [2.05, 4.69) is 18.5 Å². The second kappa shape index (κ2) is 10.2. The number of amides is 1. The van der Waals surface area contributed by atoms with Crippen molar-refractivity contribution >= 4 is 5.91 Å². The van der Waals surface area contributed by atoms with Gasteiger partial charge in [-0.15, -0.1) is 13.2 Å². The Kier molecular flexibility index (Phi) is 7.74. The number of benzene rings is 1. The van der Waals surface area contributed by atoms with Gasteiger partial charge >= 0.3 is 17.1 Å². The van der Waals surface area contributed by atoms with Crippen LogP contribution in [0.15, 0.2) is 57.9 Å². The Morgan fingerprint density at radius 1 is 1.00 bits per heavy atom. The summed E-state index contributed by atoms with van der Waals surface area (Å²) in [5, 5.41) is 2.60. The molecule has 1 N–H and O–H groups in total. The first-order chi connectivity index (χ1) is 14.3. The van der Waals surface area contributed by atoms with Crippen molar-refractivity contribution in [2.45, 2.75) is 33.5 Å². The predicted molar refractivity (Wildman–Crippen MR) is 114 cm³/mol. The second-order valence-electron chi connectivity index (χ2n) is 6.70. The maximum atomic E-state index is 12.5. The van der Waals surface area contributed by atoms with Crippen LogP contribution in [-0.4, -0.2) is 32.8 Å². The molecule has 2 aromatic rings. The summed E-state index contributed by atoms with van der Waals surface area (Å²) in [5.74, 6) is 0.169. The molecular weight excluding hydrogens is 388 g/mol. The molecule has 0 aliphatic carbocycles. The van der Waals surface area contributed by atoms with E-state index in [9.17, 15) is 19.2 Å². The molecule has 2 rings (SSSR count). The molecule has 0 unspecified atom stereocenters. The number of nitrogens with zero attached hydrogens (tertiary/aromatic N) is 3. The van der Waals surface area contributed by atoms with Gasteiger partial charge in [0.05, 0.1) is 19.6 Å². The summed E-state index contributed by atoms with van der Waals surface area (Å²) in [6.07, 6.45) is 2.72. The standard InChI is InChI=1S/C21H26N4O5/c1-5-10-23-19(27)24(11-6-2)21(29)25(20(23)28)14-18(26)22-9-12-30-17-8-7-15(3)13-16(17)4/h5-8,13H,1-2,9-12,14H2,3-4H3,(H,22,26). The van der Waals surface area contributed by atoms with Crippen molar-refractivity contribution in [2.24, 2.45) is 0 Å². The zero-order valence-corrected chi connectivity index (χ0v) is 17.2. The van der Waals surface area contributed by atoms with E-state index in [-0.39, 0.29) is 26.2 Å². The molecule has 0 spiro atoms. The Balaban J connectivity index is 2.09. The first-order valence-electron chi connectivity index (χ1n) is 9.43. The Morgan fingerprint density at radius 3 is 2.10 bits per heavy atom. The minimum Gasteiger partial charge on any atom is -0.491 e. The van der Waals surface area contributed by atoms with E-state index in [0.29, 0.717) is 4.57 Å². The normalized spacial score (nSPS) is 10.5. The molecule has 0 aliphatic rings. The Labute approximate surface area is 173 Å². The van der Waals surface area contributed by atoms with Crippen LogP contribution in [-0.2, 0) is 24.4 Å². The first-order valence-corrected chi connectivity index (χ1v) is 9.43. The number of carbonyl (C=O) groups is 1. The average molecular weight is 414 g/mol. The molecule has 1 aromatic heterocycles. The van der Waals surface area contributed by atoms with Gasteiger partial charge in [-0.2, -0.15) is 0 Å². The van der Waals surface area contributed by atoms with Crippen LogP contribution in [0.1, 0.15) is 11.1 Å². The third kappa shape index (κ3) is 5.25. The zero-order valence-electron chi connectivity index (χ0n) is 17.2. The Hall–Kier alpha value is -3.62. The van der Waals surface area contributed by atoms with Crippen molar-refractivity contribution in [3.8, 4) is 5.75 Å². The monoisotopic (exact) mass is 414 g/mol. The van der Waals surface area contributed by atoms with Gasteiger partial charge in [-0.1, -0.05) is 29.8 Å². The number of hydrogen-bond acceptors (Lipinski definition) is 5. The van der Waals surface area contributed by atoms with E-state index < -0.39 is 29.5 Å². The first kappa shape index (κ1) is 22.7. The van der Waals surface area contributed by atoms with Crippen molar-refractivity contribution in [3.05, 3.63) is 86.1 Å². The topological polar surface area (TPSA) is 104 Å². The molecule has 0 atom stereocenters. The van der Waals surface area contributed by atoms with Crippen molar-refractivity contribution in [1.82, 2.24) is 19.0 Å². The quantitative estimate of drug-likeness (QED) is 0.446. The number of aromatic nitrogens is 3. The number of rotatable bonds is 10. The van der Waals surface area contributed by atoms with Crippen LogP contribution in [0.25, 0.3) is 0 Å². The highest BCUT2D eigenvalue weighted by Crippen LogP contribution is 2.18. The van der Waals surface area contributed by atoms with Crippen LogP contribution in [0, 0.1) is 13.8 Å². The van der Waals surface area contributed by atoms with Crippen LogP contribution in [0.5, 0.6) is 5.75 Å². The maximum Gasteiger partial charge on any atom is 0.337 e. The average Bonchev–Trinajstić information content (AvgIpc) is 2.70. The zero-order chi connectivity index (χ0) is 22.3. The highest BCUT2D eigenvalue weighted by molar-refractivity contribution is 5.75. The minimum atomic E-state index is -0.869. The highest BCUT2D eigenvalue weighted by Gasteiger charge is 2.16. The molecule has 30 heavy (non-hydrogen) atoms. The molecule has 0 saturated heterocycles. The molecule has 9 nitrogen and oxygen atoms in total. The molecule has 0 radical (unpaired) electrons. The molecule has 0 aliphatic heterocycles. The van der Waals surface area contributed by atoms with E-state index in [1.54, 1.807) is 0 Å². The molecule has 160 valence electrons. The van der Waals surface area contributed by atoms with Crippen LogP contribution < -0.4 is 27.1 Å². The Bertz CT molecular complexity index is 1080. The lowest BCUT2D eigenvalue weighted by atomic mass is 10.1. The van der Waals surface area contributed by atoms with Crippen molar-refractivity contribution < 1.29 is 9.53 Å². The van der Waals surface area contributed by atoms with Crippen LogP contribution in [0.2, 0.25) is 0 Å². The number of aryl methyl sites for hydroxylation is 2. The second-order valence-corrected chi connectivity index (χ2v) is 6.70. The SMILES string of the molecule is C=CCn1c(=O)n(CC=C)c(=O)n(CC(=O)NCCOc2ccc(C)cc2C)c1=O. The third-order valence-corrected chi connectivity index (χ3v) is 4.32. The molecule has 1 amide bonds. The fourth-order valence-corrected chi connectivity index (χ4v) is 2.90. The molecular formula is C21H26N4O5. The van der Waals surface area contributed by atoms with E-state index in [1.807, 2.05) is 32.0 Å². The molecule has 0 fully saturated rings.